The number of anilines is 1. The Balaban J connectivity index is 1.32. The van der Waals surface area contributed by atoms with E-state index in [9.17, 15) is 9.59 Å². The number of likely N-dealkylation sites (tertiary alicyclic amines) is 1. The highest BCUT2D eigenvalue weighted by Gasteiger charge is 2.25. The zero-order chi connectivity index (χ0) is 23.9. The van der Waals surface area contributed by atoms with E-state index in [4.69, 9.17) is 5.26 Å². The second-order valence-electron chi connectivity index (χ2n) is 8.54. The Hall–Kier alpha value is -3.63. The van der Waals surface area contributed by atoms with Gasteiger partial charge < -0.3 is 15.5 Å². The molecule has 0 saturated carbocycles. The summed E-state index contributed by atoms with van der Waals surface area (Å²) in [6.07, 6.45) is 2.57. The molecule has 1 aliphatic rings. The number of rotatable bonds is 6. The molecule has 3 amide bonds. The summed E-state index contributed by atoms with van der Waals surface area (Å²) < 4.78 is 0. The molecule has 4 rings (SSSR count). The molecule has 1 aromatic heterocycles. The molecule has 0 unspecified atom stereocenters. The predicted octanol–water partition coefficient (Wildman–Crippen LogP) is 5.31. The van der Waals surface area contributed by atoms with Crippen LogP contribution < -0.4 is 10.6 Å². The van der Waals surface area contributed by atoms with Gasteiger partial charge in [-0.15, -0.1) is 11.3 Å². The third-order valence-electron chi connectivity index (χ3n) is 6.26. The molecule has 1 aliphatic heterocycles. The van der Waals surface area contributed by atoms with Crippen molar-refractivity contribution in [2.24, 2.45) is 0 Å². The maximum absolute atomic E-state index is 13.1. The van der Waals surface area contributed by atoms with Crippen LogP contribution in [-0.2, 0) is 6.42 Å². The lowest BCUT2D eigenvalue weighted by Gasteiger charge is -2.32. The number of nitrogens with zero attached hydrogens (tertiary/aromatic N) is 2. The zero-order valence-corrected chi connectivity index (χ0v) is 20.0. The monoisotopic (exact) mass is 472 g/mol. The summed E-state index contributed by atoms with van der Waals surface area (Å²) in [6.45, 7) is 3.84. The van der Waals surface area contributed by atoms with E-state index in [-0.39, 0.29) is 11.9 Å². The Morgan fingerprint density at radius 1 is 1.12 bits per heavy atom. The summed E-state index contributed by atoms with van der Waals surface area (Å²) in [5.74, 6) is 0.379. The van der Waals surface area contributed by atoms with Gasteiger partial charge in [-0.05, 0) is 78.9 Å². The molecule has 1 saturated heterocycles. The number of thiophene rings is 1. The number of piperidine rings is 1. The third-order valence-corrected chi connectivity index (χ3v) is 7.20. The SMILES string of the molecule is Cc1ccc(C(=O)N2CCC(c3ccc(C#N)cc3)CC2)cc1NC(=O)NCCc1cccs1. The molecule has 0 bridgehead atoms. The Labute approximate surface area is 204 Å². The number of nitrogens with one attached hydrogen (secondary N) is 2. The van der Waals surface area contributed by atoms with E-state index >= 15 is 0 Å². The predicted molar refractivity (Wildman–Crippen MR) is 135 cm³/mol. The standard InChI is InChI=1S/C27H28N4O2S/c1-19-4-7-23(17-25(19)30-27(33)29-13-10-24-3-2-16-34-24)26(32)31-14-11-22(12-15-31)21-8-5-20(18-28)6-9-21/h2-9,16-17,22H,10-15H2,1H3,(H2,29,30,33). The lowest BCUT2D eigenvalue weighted by Crippen LogP contribution is -2.38. The molecule has 6 nitrogen and oxygen atoms in total. The summed E-state index contributed by atoms with van der Waals surface area (Å²) in [6, 6.07) is 19.1. The number of hydrogen-bond donors (Lipinski definition) is 2. The van der Waals surface area contributed by atoms with Crippen molar-refractivity contribution < 1.29 is 9.59 Å². The average molecular weight is 473 g/mol. The third kappa shape index (κ3) is 5.83. The minimum absolute atomic E-state index is 0.0144. The van der Waals surface area contributed by atoms with E-state index in [1.54, 1.807) is 17.4 Å². The van der Waals surface area contributed by atoms with Crippen molar-refractivity contribution in [1.29, 1.82) is 5.26 Å². The molecule has 7 heteroatoms. The fraction of sp³-hybridized carbons (Fsp3) is 0.296. The van der Waals surface area contributed by atoms with Crippen LogP contribution in [0, 0.1) is 18.3 Å². The lowest BCUT2D eigenvalue weighted by molar-refractivity contribution is 0.0713. The average Bonchev–Trinajstić information content (AvgIpc) is 3.39. The summed E-state index contributed by atoms with van der Waals surface area (Å²) in [4.78, 5) is 28.6. The normalized spacial score (nSPS) is 13.8. The Bertz CT molecular complexity index is 1170. The second kappa shape index (κ2) is 11.0. The van der Waals surface area contributed by atoms with Crippen molar-refractivity contribution in [3.05, 3.63) is 87.1 Å². The van der Waals surface area contributed by atoms with Crippen molar-refractivity contribution in [2.45, 2.75) is 32.1 Å². The van der Waals surface area contributed by atoms with Crippen LogP contribution in [-0.4, -0.2) is 36.5 Å². The number of hydrogen-bond acceptors (Lipinski definition) is 4. The quantitative estimate of drug-likeness (QED) is 0.510. The molecular formula is C27H28N4O2S. The first-order valence-electron chi connectivity index (χ1n) is 11.5. The van der Waals surface area contributed by atoms with Gasteiger partial charge in [0.2, 0.25) is 0 Å². The van der Waals surface area contributed by atoms with Crippen LogP contribution in [0.1, 0.15) is 50.7 Å². The molecule has 0 aliphatic carbocycles. The van der Waals surface area contributed by atoms with Crippen LogP contribution in [0.4, 0.5) is 10.5 Å². The highest BCUT2D eigenvalue weighted by molar-refractivity contribution is 7.09. The van der Waals surface area contributed by atoms with Gasteiger partial charge in [-0.1, -0.05) is 24.3 Å². The first-order chi connectivity index (χ1) is 16.5. The molecule has 0 atom stereocenters. The molecule has 2 aromatic carbocycles. The molecule has 1 fully saturated rings. The zero-order valence-electron chi connectivity index (χ0n) is 19.2. The highest BCUT2D eigenvalue weighted by Crippen LogP contribution is 2.29. The van der Waals surface area contributed by atoms with Crippen LogP contribution >= 0.6 is 11.3 Å². The smallest absolute Gasteiger partial charge is 0.319 e. The fourth-order valence-electron chi connectivity index (χ4n) is 4.24. The second-order valence-corrected chi connectivity index (χ2v) is 9.57. The van der Waals surface area contributed by atoms with Gasteiger partial charge >= 0.3 is 6.03 Å². The van der Waals surface area contributed by atoms with Gasteiger partial charge in [0.15, 0.2) is 0 Å². The van der Waals surface area contributed by atoms with Crippen LogP contribution in [0.2, 0.25) is 0 Å². The van der Waals surface area contributed by atoms with Crippen LogP contribution in [0.5, 0.6) is 0 Å². The fourth-order valence-corrected chi connectivity index (χ4v) is 4.95. The number of nitriles is 1. The topological polar surface area (TPSA) is 85.2 Å². The number of carbonyl (C=O) groups excluding carboxylic acids is 2. The van der Waals surface area contributed by atoms with Crippen molar-refractivity contribution in [3.63, 3.8) is 0 Å². The lowest BCUT2D eigenvalue weighted by atomic mass is 9.89. The molecule has 174 valence electrons. The van der Waals surface area contributed by atoms with Gasteiger partial charge in [-0.25, -0.2) is 4.79 Å². The number of carbonyl (C=O) groups is 2. The molecule has 2 N–H and O–H groups in total. The molecule has 3 aromatic rings. The summed E-state index contributed by atoms with van der Waals surface area (Å²) >= 11 is 1.67. The maximum atomic E-state index is 13.1. The molecular weight excluding hydrogens is 444 g/mol. The van der Waals surface area contributed by atoms with Gasteiger partial charge in [0.05, 0.1) is 11.6 Å². The van der Waals surface area contributed by atoms with E-state index < -0.39 is 0 Å². The van der Waals surface area contributed by atoms with E-state index in [1.165, 1.54) is 10.4 Å². The Morgan fingerprint density at radius 3 is 2.56 bits per heavy atom. The number of benzene rings is 2. The van der Waals surface area contributed by atoms with Crippen LogP contribution in [0.15, 0.2) is 60.0 Å². The van der Waals surface area contributed by atoms with Gasteiger partial charge in [0.25, 0.3) is 5.91 Å². The van der Waals surface area contributed by atoms with Gasteiger partial charge in [0.1, 0.15) is 0 Å². The number of aryl methyl sites for hydroxylation is 1. The van der Waals surface area contributed by atoms with Crippen molar-refractivity contribution in [3.8, 4) is 6.07 Å². The number of amides is 3. The highest BCUT2D eigenvalue weighted by atomic mass is 32.1. The van der Waals surface area contributed by atoms with Crippen LogP contribution in [0.25, 0.3) is 0 Å². The van der Waals surface area contributed by atoms with E-state index in [0.717, 1.165) is 24.8 Å². The van der Waals surface area contributed by atoms with Crippen molar-refractivity contribution >= 4 is 29.0 Å². The Kier molecular flexibility index (Phi) is 7.61. The van der Waals surface area contributed by atoms with Gasteiger partial charge in [0, 0.05) is 35.8 Å². The first kappa shape index (κ1) is 23.5. The molecule has 0 radical (unpaired) electrons. The summed E-state index contributed by atoms with van der Waals surface area (Å²) in [5, 5.41) is 16.8. The van der Waals surface area contributed by atoms with Gasteiger partial charge in [-0.3, -0.25) is 4.79 Å². The molecule has 0 spiro atoms. The largest absolute Gasteiger partial charge is 0.339 e. The van der Waals surface area contributed by atoms with Gasteiger partial charge in [-0.2, -0.15) is 5.26 Å². The Morgan fingerprint density at radius 2 is 1.88 bits per heavy atom. The molecule has 2 heterocycles. The van der Waals surface area contributed by atoms with E-state index in [1.807, 2.05) is 59.7 Å². The maximum Gasteiger partial charge on any atom is 0.319 e. The van der Waals surface area contributed by atoms with E-state index in [0.29, 0.717) is 42.4 Å². The minimum atomic E-state index is -0.271. The minimum Gasteiger partial charge on any atom is -0.339 e. The van der Waals surface area contributed by atoms with Crippen molar-refractivity contribution in [2.75, 3.05) is 25.0 Å². The first-order valence-corrected chi connectivity index (χ1v) is 12.4. The molecule has 34 heavy (non-hydrogen) atoms. The number of urea groups is 1. The van der Waals surface area contributed by atoms with Crippen LogP contribution in [0.3, 0.4) is 0 Å². The summed E-state index contributed by atoms with van der Waals surface area (Å²) in [7, 11) is 0. The van der Waals surface area contributed by atoms with E-state index in [2.05, 4.69) is 22.8 Å². The summed E-state index contributed by atoms with van der Waals surface area (Å²) in [5.41, 5.74) is 4.02. The van der Waals surface area contributed by atoms with Crippen molar-refractivity contribution in [1.82, 2.24) is 10.2 Å².